The molecule has 5 atom stereocenters. The van der Waals surface area contributed by atoms with Gasteiger partial charge in [0.05, 0.1) is 0 Å². The van der Waals surface area contributed by atoms with Gasteiger partial charge >= 0.3 is 0 Å². The van der Waals surface area contributed by atoms with E-state index in [1.807, 2.05) is 56.3 Å². The highest BCUT2D eigenvalue weighted by molar-refractivity contribution is 5.95. The summed E-state index contributed by atoms with van der Waals surface area (Å²) in [5, 5.41) is 24.0. The number of carbonyl (C=O) groups excluding carboxylic acids is 3. The molecule has 9 heteroatoms. The van der Waals surface area contributed by atoms with Crippen LogP contribution in [-0.2, 0) is 27.3 Å². The summed E-state index contributed by atoms with van der Waals surface area (Å²) in [6.07, 6.45) is 3.78. The van der Waals surface area contributed by atoms with Crippen LogP contribution >= 0.6 is 0 Å². The van der Waals surface area contributed by atoms with Crippen LogP contribution in [0.3, 0.4) is 0 Å². The molecule has 1 saturated heterocycles. The van der Waals surface area contributed by atoms with Crippen LogP contribution in [0.15, 0.2) is 54.6 Å². The lowest BCUT2D eigenvalue weighted by Gasteiger charge is -2.36. The summed E-state index contributed by atoms with van der Waals surface area (Å²) < 4.78 is 0. The number of benzene rings is 2. The van der Waals surface area contributed by atoms with Crippen LogP contribution in [0.4, 0.5) is 0 Å². The Balaban J connectivity index is 1.48. The first-order valence-electron chi connectivity index (χ1n) is 14.7. The van der Waals surface area contributed by atoms with Crippen LogP contribution < -0.4 is 16.4 Å². The number of hydrogen-bond acceptors (Lipinski definition) is 5. The van der Waals surface area contributed by atoms with Crippen LogP contribution in [0, 0.1) is 17.2 Å². The first-order valence-corrected chi connectivity index (χ1v) is 14.7. The van der Waals surface area contributed by atoms with Crippen molar-refractivity contribution < 1.29 is 19.5 Å². The molecule has 9 nitrogen and oxygen atoms in total. The fourth-order valence-corrected chi connectivity index (χ4v) is 6.19. The highest BCUT2D eigenvalue weighted by atomic mass is 16.3. The summed E-state index contributed by atoms with van der Waals surface area (Å²) in [6, 6.07) is 14.9. The van der Waals surface area contributed by atoms with Crippen molar-refractivity contribution in [3.63, 3.8) is 0 Å². The molecule has 0 aromatic heterocycles. The molecule has 41 heavy (non-hydrogen) atoms. The van der Waals surface area contributed by atoms with E-state index in [1.165, 1.54) is 0 Å². The van der Waals surface area contributed by atoms with Crippen molar-refractivity contribution in [2.75, 3.05) is 0 Å². The Morgan fingerprint density at radius 1 is 1.02 bits per heavy atom. The Morgan fingerprint density at radius 2 is 1.71 bits per heavy atom. The number of aliphatic hydroxyl groups is 1. The maximum atomic E-state index is 14.2. The lowest BCUT2D eigenvalue weighted by molar-refractivity contribution is -0.145. The monoisotopic (exact) mass is 561 g/mol. The van der Waals surface area contributed by atoms with Crippen LogP contribution in [0.25, 0.3) is 0 Å². The number of rotatable bonds is 11. The van der Waals surface area contributed by atoms with E-state index in [4.69, 9.17) is 11.1 Å². The van der Waals surface area contributed by atoms with E-state index >= 15 is 0 Å². The Hall–Kier alpha value is -3.72. The third-order valence-electron chi connectivity index (χ3n) is 8.27. The zero-order valence-electron chi connectivity index (χ0n) is 24.0. The van der Waals surface area contributed by atoms with Gasteiger partial charge in [0.15, 0.2) is 0 Å². The first kappa shape index (κ1) is 30.2. The SMILES string of the molecule is CC(C)C[C@@H](NC(=O)[C@H](O)Cc1ccccc1)C(=O)N1[C@H](C(=O)NCc2ccc(C(=N)N)cc2)C[C@@H]2CCCC[C@@H]21. The number of amidine groups is 1. The minimum absolute atomic E-state index is 0.0149. The highest BCUT2D eigenvalue weighted by Gasteiger charge is 2.49. The standard InChI is InChI=1S/C32H43N5O4/c1-20(2)16-25(36-31(40)28(38)17-21-8-4-3-5-9-21)32(41)37-26-11-7-6-10-24(26)18-27(37)30(39)35-19-22-12-14-23(15-13-22)29(33)34/h3-5,8-9,12-15,20,24-28,38H,6-7,10-11,16-19H2,1-2H3,(H3,33,34)(H,35,39)(H,36,40)/t24-,25+,26-,27-,28+/m0/s1. The largest absolute Gasteiger partial charge is 0.384 e. The smallest absolute Gasteiger partial charge is 0.249 e. The molecule has 2 fully saturated rings. The van der Waals surface area contributed by atoms with Gasteiger partial charge in [-0.05, 0) is 48.6 Å². The zero-order valence-corrected chi connectivity index (χ0v) is 24.0. The molecule has 0 radical (unpaired) electrons. The number of nitrogens with zero attached hydrogens (tertiary/aromatic N) is 1. The summed E-state index contributed by atoms with van der Waals surface area (Å²) >= 11 is 0. The minimum atomic E-state index is -1.28. The molecule has 1 saturated carbocycles. The summed E-state index contributed by atoms with van der Waals surface area (Å²) in [4.78, 5) is 42.5. The maximum absolute atomic E-state index is 14.2. The third kappa shape index (κ3) is 7.73. The molecule has 2 aliphatic rings. The summed E-state index contributed by atoms with van der Waals surface area (Å²) in [7, 11) is 0. The van der Waals surface area contributed by atoms with Gasteiger partial charge in [0.1, 0.15) is 24.0 Å². The molecule has 1 aliphatic heterocycles. The van der Waals surface area contributed by atoms with E-state index < -0.39 is 24.1 Å². The Labute approximate surface area is 242 Å². The van der Waals surface area contributed by atoms with Crippen molar-refractivity contribution in [3.05, 3.63) is 71.3 Å². The molecular weight excluding hydrogens is 518 g/mol. The molecule has 6 N–H and O–H groups in total. The zero-order chi connectivity index (χ0) is 29.5. The molecule has 2 aromatic carbocycles. The van der Waals surface area contributed by atoms with Crippen LogP contribution in [0.5, 0.6) is 0 Å². The molecular formula is C32H43N5O4. The predicted molar refractivity (Wildman–Crippen MR) is 158 cm³/mol. The van der Waals surface area contributed by atoms with Crippen molar-refractivity contribution >= 4 is 23.6 Å². The molecule has 0 bridgehead atoms. The van der Waals surface area contributed by atoms with Crippen molar-refractivity contribution in [2.24, 2.45) is 17.6 Å². The van der Waals surface area contributed by atoms with Gasteiger partial charge in [0.25, 0.3) is 0 Å². The van der Waals surface area contributed by atoms with Gasteiger partial charge in [-0.1, -0.05) is 81.3 Å². The number of carbonyl (C=O) groups is 3. The number of amides is 3. The number of hydrogen-bond donors (Lipinski definition) is 5. The molecule has 1 aliphatic carbocycles. The van der Waals surface area contributed by atoms with Gasteiger partial charge < -0.3 is 26.4 Å². The number of nitrogen functional groups attached to an aromatic ring is 1. The fraction of sp³-hybridized carbons (Fsp3) is 0.500. The summed E-state index contributed by atoms with van der Waals surface area (Å²) in [6.45, 7) is 4.27. The molecule has 0 unspecified atom stereocenters. The number of aliphatic hydroxyl groups excluding tert-OH is 1. The Morgan fingerprint density at radius 3 is 2.37 bits per heavy atom. The summed E-state index contributed by atoms with van der Waals surface area (Å²) in [5.41, 5.74) is 7.86. The normalized spacial score (nSPS) is 21.6. The second kappa shape index (κ2) is 13.8. The highest BCUT2D eigenvalue weighted by Crippen LogP contribution is 2.40. The number of likely N-dealkylation sites (tertiary alicyclic amines) is 1. The van der Waals surface area contributed by atoms with Gasteiger partial charge in [-0.3, -0.25) is 19.8 Å². The quantitative estimate of drug-likeness (QED) is 0.211. The number of nitrogens with two attached hydrogens (primary N) is 1. The van der Waals surface area contributed by atoms with Crippen molar-refractivity contribution in [2.45, 2.75) is 89.6 Å². The first-order chi connectivity index (χ1) is 19.6. The molecule has 0 spiro atoms. The van der Waals surface area contributed by atoms with E-state index in [0.717, 1.165) is 36.8 Å². The van der Waals surface area contributed by atoms with E-state index in [0.29, 0.717) is 24.9 Å². The van der Waals surface area contributed by atoms with Crippen LogP contribution in [0.1, 0.15) is 69.1 Å². The minimum Gasteiger partial charge on any atom is -0.384 e. The molecule has 2 aromatic rings. The van der Waals surface area contributed by atoms with Crippen LogP contribution in [-0.4, -0.2) is 57.8 Å². The van der Waals surface area contributed by atoms with E-state index in [9.17, 15) is 19.5 Å². The van der Waals surface area contributed by atoms with Crippen LogP contribution in [0.2, 0.25) is 0 Å². The van der Waals surface area contributed by atoms with E-state index in [-0.39, 0.29) is 41.9 Å². The Kier molecular flexibility index (Phi) is 10.2. The summed E-state index contributed by atoms with van der Waals surface area (Å²) in [5.74, 6) is -0.689. The molecule has 4 rings (SSSR count). The lowest BCUT2D eigenvalue weighted by Crippen LogP contribution is -2.57. The van der Waals surface area contributed by atoms with E-state index in [2.05, 4.69) is 10.6 Å². The fourth-order valence-electron chi connectivity index (χ4n) is 6.19. The second-order valence-electron chi connectivity index (χ2n) is 11.8. The van der Waals surface area contributed by atoms with Crippen molar-refractivity contribution in [1.82, 2.24) is 15.5 Å². The number of nitrogens with one attached hydrogen (secondary N) is 3. The maximum Gasteiger partial charge on any atom is 0.249 e. The second-order valence-corrected chi connectivity index (χ2v) is 11.8. The van der Waals surface area contributed by atoms with Crippen molar-refractivity contribution in [1.29, 1.82) is 5.41 Å². The van der Waals surface area contributed by atoms with Crippen molar-refractivity contribution in [3.8, 4) is 0 Å². The van der Waals surface area contributed by atoms with Gasteiger partial charge in [-0.25, -0.2) is 0 Å². The number of fused-ring (bicyclic) bond motifs is 1. The van der Waals surface area contributed by atoms with Gasteiger partial charge in [0.2, 0.25) is 17.7 Å². The lowest BCUT2D eigenvalue weighted by atomic mass is 9.84. The predicted octanol–water partition coefficient (Wildman–Crippen LogP) is 2.88. The average Bonchev–Trinajstić information content (AvgIpc) is 3.35. The Bertz CT molecular complexity index is 1220. The molecule has 220 valence electrons. The molecule has 1 heterocycles. The topological polar surface area (TPSA) is 149 Å². The third-order valence-corrected chi connectivity index (χ3v) is 8.27. The molecule has 3 amide bonds. The van der Waals surface area contributed by atoms with E-state index in [1.54, 1.807) is 17.0 Å². The van der Waals surface area contributed by atoms with Gasteiger partial charge in [0, 0.05) is 24.6 Å². The average molecular weight is 562 g/mol. The van der Waals surface area contributed by atoms with Gasteiger partial charge in [-0.15, -0.1) is 0 Å². The van der Waals surface area contributed by atoms with Gasteiger partial charge in [-0.2, -0.15) is 0 Å².